The van der Waals surface area contributed by atoms with Gasteiger partial charge in [0, 0.05) is 29.6 Å². The molecule has 1 N–H and O–H groups in total. The summed E-state index contributed by atoms with van der Waals surface area (Å²) in [6.07, 6.45) is 0. The van der Waals surface area contributed by atoms with Crippen LogP contribution in [0.1, 0.15) is 48.4 Å². The van der Waals surface area contributed by atoms with Crippen LogP contribution in [-0.2, 0) is 14.8 Å². The fourth-order valence-corrected chi connectivity index (χ4v) is 6.02. The molecule has 0 saturated heterocycles. The van der Waals surface area contributed by atoms with E-state index in [2.05, 4.69) is 10.3 Å². The van der Waals surface area contributed by atoms with Gasteiger partial charge in [0.05, 0.1) is 23.3 Å². The predicted octanol–water partition coefficient (Wildman–Crippen LogP) is 5.15. The smallest absolute Gasteiger partial charge is 0.337 e. The first-order valence-corrected chi connectivity index (χ1v) is 13.9. The van der Waals surface area contributed by atoms with E-state index in [4.69, 9.17) is 4.74 Å². The molecule has 0 radical (unpaired) electrons. The van der Waals surface area contributed by atoms with Gasteiger partial charge in [-0.1, -0.05) is 39.8 Å². The van der Waals surface area contributed by atoms with Crippen molar-refractivity contribution >= 4 is 38.4 Å². The predicted molar refractivity (Wildman–Crippen MR) is 142 cm³/mol. The highest BCUT2D eigenvalue weighted by Crippen LogP contribution is 2.26. The highest BCUT2D eigenvalue weighted by molar-refractivity contribution is 7.89. The number of methoxy groups -OCH3 is 1. The molecule has 0 aliphatic rings. The van der Waals surface area contributed by atoms with Crippen LogP contribution in [0.25, 0.3) is 11.3 Å². The molecule has 1 amide bonds. The summed E-state index contributed by atoms with van der Waals surface area (Å²) in [7, 11) is -2.34. The Morgan fingerprint density at radius 1 is 0.944 bits per heavy atom. The largest absolute Gasteiger partial charge is 0.465 e. The number of carbonyl (C=O) groups is 2. The molecule has 36 heavy (non-hydrogen) atoms. The molecule has 1 aromatic heterocycles. The first kappa shape index (κ1) is 27.5. The number of ether oxygens (including phenoxy) is 1. The summed E-state index contributed by atoms with van der Waals surface area (Å²) < 4.78 is 32.6. The highest BCUT2D eigenvalue weighted by Gasteiger charge is 2.26. The number of thiazole rings is 1. The topological polar surface area (TPSA) is 106 Å². The van der Waals surface area contributed by atoms with Gasteiger partial charge >= 0.3 is 5.97 Å². The maximum absolute atomic E-state index is 13.2. The summed E-state index contributed by atoms with van der Waals surface area (Å²) in [5.74, 6) is -0.420. The van der Waals surface area contributed by atoms with E-state index >= 15 is 0 Å². The van der Waals surface area contributed by atoms with Crippen molar-refractivity contribution in [3.05, 3.63) is 65.0 Å². The molecule has 0 aliphatic carbocycles. The van der Waals surface area contributed by atoms with Crippen LogP contribution >= 0.6 is 11.3 Å². The van der Waals surface area contributed by atoms with Crippen molar-refractivity contribution in [1.29, 1.82) is 0 Å². The number of anilines is 1. The fraction of sp³-hybridized carbons (Fsp3) is 0.346. The second kappa shape index (κ2) is 11.8. The van der Waals surface area contributed by atoms with Crippen molar-refractivity contribution in [1.82, 2.24) is 9.29 Å². The molecule has 0 aliphatic heterocycles. The summed E-state index contributed by atoms with van der Waals surface area (Å²) in [4.78, 5) is 28.9. The van der Waals surface area contributed by atoms with Crippen LogP contribution in [0.3, 0.4) is 0 Å². The Balaban J connectivity index is 1.71. The number of benzene rings is 2. The summed E-state index contributed by atoms with van der Waals surface area (Å²) in [6.45, 7) is 8.80. The first-order valence-electron chi connectivity index (χ1n) is 11.6. The SMILES string of the molecule is COC(=O)c1ccc(-c2csc(NC(=O)c3ccc(S(=O)(=O)N(CC(C)C)CC(C)C)cc3)n2)cc1. The van der Waals surface area contributed by atoms with Gasteiger partial charge in [0.25, 0.3) is 5.91 Å². The molecular weight excluding hydrogens is 498 g/mol. The van der Waals surface area contributed by atoms with Gasteiger partial charge in [0.1, 0.15) is 0 Å². The minimum Gasteiger partial charge on any atom is -0.465 e. The Bertz CT molecular complexity index is 1290. The number of sulfonamides is 1. The first-order chi connectivity index (χ1) is 17.0. The number of nitrogens with zero attached hydrogens (tertiary/aromatic N) is 2. The number of aromatic nitrogens is 1. The molecule has 0 saturated carbocycles. The number of rotatable bonds is 10. The van der Waals surface area contributed by atoms with E-state index in [0.29, 0.717) is 35.0 Å². The molecule has 192 valence electrons. The van der Waals surface area contributed by atoms with E-state index in [1.165, 1.54) is 47.0 Å². The van der Waals surface area contributed by atoms with Gasteiger partial charge < -0.3 is 4.74 Å². The summed E-state index contributed by atoms with van der Waals surface area (Å²) in [5.41, 5.74) is 2.21. The molecule has 3 rings (SSSR count). The maximum Gasteiger partial charge on any atom is 0.337 e. The Hall–Kier alpha value is -3.08. The summed E-state index contributed by atoms with van der Waals surface area (Å²) >= 11 is 1.27. The lowest BCUT2D eigenvalue weighted by Gasteiger charge is -2.25. The Kier molecular flexibility index (Phi) is 8.99. The normalized spacial score (nSPS) is 11.8. The third kappa shape index (κ3) is 6.77. The van der Waals surface area contributed by atoms with E-state index in [0.717, 1.165) is 5.56 Å². The van der Waals surface area contributed by atoms with E-state index in [9.17, 15) is 18.0 Å². The quantitative estimate of drug-likeness (QED) is 0.364. The minimum atomic E-state index is -3.67. The van der Waals surface area contributed by atoms with E-state index in [-0.39, 0.29) is 22.6 Å². The average Bonchev–Trinajstić information content (AvgIpc) is 3.31. The van der Waals surface area contributed by atoms with Crippen LogP contribution in [0.4, 0.5) is 5.13 Å². The Morgan fingerprint density at radius 2 is 1.50 bits per heavy atom. The number of esters is 1. The maximum atomic E-state index is 13.2. The highest BCUT2D eigenvalue weighted by atomic mass is 32.2. The molecular formula is C26H31N3O5S2. The summed E-state index contributed by atoms with van der Waals surface area (Å²) in [5, 5.41) is 4.96. The van der Waals surface area contributed by atoms with Crippen LogP contribution < -0.4 is 5.32 Å². The Morgan fingerprint density at radius 3 is 2.03 bits per heavy atom. The lowest BCUT2D eigenvalue weighted by Crippen LogP contribution is -2.37. The number of amides is 1. The van der Waals surface area contributed by atoms with E-state index in [1.807, 2.05) is 27.7 Å². The van der Waals surface area contributed by atoms with Crippen LogP contribution in [0, 0.1) is 11.8 Å². The van der Waals surface area contributed by atoms with Crippen molar-refractivity contribution < 1.29 is 22.7 Å². The molecule has 3 aromatic rings. The third-order valence-electron chi connectivity index (χ3n) is 5.22. The van der Waals surface area contributed by atoms with Gasteiger partial charge in [-0.15, -0.1) is 11.3 Å². The zero-order chi connectivity index (χ0) is 26.5. The van der Waals surface area contributed by atoms with Gasteiger partial charge in [-0.25, -0.2) is 18.2 Å². The van der Waals surface area contributed by atoms with Crippen LogP contribution in [0.2, 0.25) is 0 Å². The van der Waals surface area contributed by atoms with Crippen molar-refractivity contribution in [2.24, 2.45) is 11.8 Å². The van der Waals surface area contributed by atoms with E-state index < -0.39 is 16.0 Å². The van der Waals surface area contributed by atoms with Gasteiger partial charge in [0.2, 0.25) is 10.0 Å². The molecule has 8 nitrogen and oxygen atoms in total. The summed E-state index contributed by atoms with van der Waals surface area (Å²) in [6, 6.07) is 12.8. The minimum absolute atomic E-state index is 0.160. The molecule has 0 bridgehead atoms. The van der Waals surface area contributed by atoms with Gasteiger partial charge in [0.15, 0.2) is 5.13 Å². The monoisotopic (exact) mass is 529 g/mol. The van der Waals surface area contributed by atoms with Crippen LogP contribution in [0.15, 0.2) is 58.8 Å². The average molecular weight is 530 g/mol. The van der Waals surface area contributed by atoms with Gasteiger partial charge in [-0.2, -0.15) is 4.31 Å². The van der Waals surface area contributed by atoms with Crippen molar-refractivity contribution in [2.75, 3.05) is 25.5 Å². The molecule has 0 unspecified atom stereocenters. The fourth-order valence-electron chi connectivity index (χ4n) is 3.54. The van der Waals surface area contributed by atoms with Gasteiger partial charge in [-0.3, -0.25) is 10.1 Å². The van der Waals surface area contributed by atoms with Crippen LogP contribution in [0.5, 0.6) is 0 Å². The molecule has 0 atom stereocenters. The molecule has 2 aromatic carbocycles. The van der Waals surface area contributed by atoms with Crippen LogP contribution in [-0.4, -0.2) is 49.8 Å². The lowest BCUT2D eigenvalue weighted by atomic mass is 10.1. The second-order valence-corrected chi connectivity index (χ2v) is 12.0. The standard InChI is InChI=1S/C26H31N3O5S2/c1-17(2)14-29(15-18(3)4)36(32,33)22-12-10-20(11-13-22)24(30)28-26-27-23(16-35-26)19-6-8-21(9-7-19)25(31)34-5/h6-13,16-18H,14-15H2,1-5H3,(H,27,28,30). The van der Waals surface area contributed by atoms with Crippen molar-refractivity contribution in [3.8, 4) is 11.3 Å². The molecule has 1 heterocycles. The second-order valence-electron chi connectivity index (χ2n) is 9.20. The van der Waals surface area contributed by atoms with Gasteiger partial charge in [-0.05, 0) is 48.2 Å². The van der Waals surface area contributed by atoms with E-state index in [1.54, 1.807) is 29.6 Å². The zero-order valence-corrected chi connectivity index (χ0v) is 22.7. The lowest BCUT2D eigenvalue weighted by molar-refractivity contribution is 0.0600. The number of carbonyl (C=O) groups excluding carboxylic acids is 2. The van der Waals surface area contributed by atoms with Crippen molar-refractivity contribution in [3.63, 3.8) is 0 Å². The molecule has 10 heteroatoms. The number of hydrogen-bond donors (Lipinski definition) is 1. The zero-order valence-electron chi connectivity index (χ0n) is 21.0. The Labute approximate surface area is 216 Å². The number of nitrogens with one attached hydrogen (secondary N) is 1. The van der Waals surface area contributed by atoms with Crippen molar-refractivity contribution in [2.45, 2.75) is 32.6 Å². The number of hydrogen-bond acceptors (Lipinski definition) is 7. The molecule has 0 spiro atoms. The third-order valence-corrected chi connectivity index (χ3v) is 7.82. The molecule has 0 fully saturated rings.